The van der Waals surface area contributed by atoms with Crippen molar-refractivity contribution >= 4 is 40.9 Å². The maximum atomic E-state index is 5.84. The molecule has 0 bridgehead atoms. The minimum Gasteiger partial charge on any atom is -0.497 e. The number of hydrogen-bond acceptors (Lipinski definition) is 4. The molecule has 0 aliphatic rings. The van der Waals surface area contributed by atoms with Gasteiger partial charge in [0, 0.05) is 23.6 Å². The molecule has 3 rings (SSSR count). The number of benzene rings is 2. The smallest absolute Gasteiger partial charge is 0.191 e. The summed E-state index contributed by atoms with van der Waals surface area (Å²) in [6.07, 6.45) is 0. The number of fused-ring (bicyclic) bond motifs is 1. The van der Waals surface area contributed by atoms with Crippen LogP contribution in [0.1, 0.15) is 18.2 Å². The zero-order valence-electron chi connectivity index (χ0n) is 16.3. The minimum absolute atomic E-state index is 0. The van der Waals surface area contributed by atoms with Gasteiger partial charge in [0.25, 0.3) is 0 Å². The highest BCUT2D eigenvalue weighted by atomic mass is 127. The normalized spacial score (nSPS) is 11.0. The van der Waals surface area contributed by atoms with Gasteiger partial charge in [0.15, 0.2) is 5.96 Å². The number of para-hydroxylation sites is 1. The maximum absolute atomic E-state index is 5.84. The molecule has 0 aliphatic carbocycles. The van der Waals surface area contributed by atoms with Crippen molar-refractivity contribution in [2.24, 2.45) is 4.99 Å². The van der Waals surface area contributed by atoms with Gasteiger partial charge in [-0.05, 0) is 31.2 Å². The van der Waals surface area contributed by atoms with Crippen molar-refractivity contribution in [2.75, 3.05) is 20.8 Å². The average molecular weight is 495 g/mol. The van der Waals surface area contributed by atoms with E-state index in [9.17, 15) is 0 Å². The molecule has 0 fully saturated rings. The Bertz CT molecular complexity index is 891. The lowest BCUT2D eigenvalue weighted by atomic mass is 10.2. The average Bonchev–Trinajstić information content (AvgIpc) is 3.13. The summed E-state index contributed by atoms with van der Waals surface area (Å²) in [5, 5.41) is 7.65. The van der Waals surface area contributed by atoms with Gasteiger partial charge in [-0.2, -0.15) is 0 Å². The van der Waals surface area contributed by atoms with E-state index in [4.69, 9.17) is 13.9 Å². The number of ether oxygens (including phenoxy) is 2. The van der Waals surface area contributed by atoms with Gasteiger partial charge in [0.1, 0.15) is 22.8 Å². The first-order valence-electron chi connectivity index (χ1n) is 8.94. The zero-order valence-corrected chi connectivity index (χ0v) is 18.7. The van der Waals surface area contributed by atoms with Gasteiger partial charge in [0.2, 0.25) is 0 Å². The first-order valence-corrected chi connectivity index (χ1v) is 8.94. The highest BCUT2D eigenvalue weighted by molar-refractivity contribution is 14.0. The van der Waals surface area contributed by atoms with Crippen LogP contribution in [0.5, 0.6) is 11.5 Å². The first-order chi connectivity index (χ1) is 13.2. The largest absolute Gasteiger partial charge is 0.497 e. The molecule has 150 valence electrons. The van der Waals surface area contributed by atoms with Gasteiger partial charge in [-0.3, -0.25) is 0 Å². The van der Waals surface area contributed by atoms with Crippen molar-refractivity contribution in [3.8, 4) is 11.5 Å². The van der Waals surface area contributed by atoms with Crippen LogP contribution in [0.3, 0.4) is 0 Å². The molecule has 0 aliphatic heterocycles. The van der Waals surface area contributed by atoms with Crippen LogP contribution in [-0.4, -0.2) is 26.7 Å². The van der Waals surface area contributed by atoms with Gasteiger partial charge >= 0.3 is 0 Å². The van der Waals surface area contributed by atoms with E-state index < -0.39 is 0 Å². The summed E-state index contributed by atoms with van der Waals surface area (Å²) in [4.78, 5) is 4.65. The monoisotopic (exact) mass is 495 g/mol. The van der Waals surface area contributed by atoms with Crippen molar-refractivity contribution in [1.82, 2.24) is 10.6 Å². The Labute approximate surface area is 182 Å². The van der Waals surface area contributed by atoms with E-state index >= 15 is 0 Å². The Morgan fingerprint density at radius 3 is 2.57 bits per heavy atom. The number of furan rings is 1. The maximum Gasteiger partial charge on any atom is 0.191 e. The highest BCUT2D eigenvalue weighted by Gasteiger charge is 2.07. The highest BCUT2D eigenvalue weighted by Crippen LogP contribution is 2.25. The van der Waals surface area contributed by atoms with Gasteiger partial charge < -0.3 is 24.5 Å². The summed E-state index contributed by atoms with van der Waals surface area (Å²) < 4.78 is 16.5. The number of nitrogens with zero attached hydrogens (tertiary/aromatic N) is 1. The molecular formula is C21H26IN3O3. The van der Waals surface area contributed by atoms with Crippen LogP contribution >= 0.6 is 24.0 Å². The number of rotatable bonds is 7. The number of aliphatic imine (C=N–C) groups is 1. The Kier molecular flexibility index (Phi) is 8.43. The molecule has 0 radical (unpaired) electrons. The molecule has 7 heteroatoms. The number of guanidine groups is 1. The molecule has 1 aromatic heterocycles. The van der Waals surface area contributed by atoms with Crippen LogP contribution in [-0.2, 0) is 13.1 Å². The first kappa shape index (κ1) is 21.9. The molecule has 0 unspecified atom stereocenters. The molecule has 2 N–H and O–H groups in total. The summed E-state index contributed by atoms with van der Waals surface area (Å²) in [5.41, 5.74) is 1.87. The second-order valence-electron chi connectivity index (χ2n) is 5.98. The fourth-order valence-corrected chi connectivity index (χ4v) is 2.78. The SMILES string of the molecule is CCNC(=NCc1ccc(OC)cc1OC)NCc1cc2ccccc2o1.I. The third kappa shape index (κ3) is 5.54. The molecular weight excluding hydrogens is 469 g/mol. The van der Waals surface area contributed by atoms with Crippen LogP contribution in [0.2, 0.25) is 0 Å². The molecule has 1 heterocycles. The molecule has 0 spiro atoms. The van der Waals surface area contributed by atoms with Crippen LogP contribution in [0, 0.1) is 0 Å². The molecule has 3 aromatic rings. The van der Waals surface area contributed by atoms with Gasteiger partial charge in [0.05, 0.1) is 27.3 Å². The Morgan fingerprint density at radius 1 is 1.04 bits per heavy atom. The molecule has 0 saturated carbocycles. The Hall–Kier alpha value is -2.42. The molecule has 28 heavy (non-hydrogen) atoms. The van der Waals surface area contributed by atoms with E-state index in [1.165, 1.54) is 0 Å². The van der Waals surface area contributed by atoms with Crippen LogP contribution in [0.4, 0.5) is 0 Å². The van der Waals surface area contributed by atoms with Crippen molar-refractivity contribution < 1.29 is 13.9 Å². The molecule has 0 atom stereocenters. The van der Waals surface area contributed by atoms with Crippen molar-refractivity contribution in [3.63, 3.8) is 0 Å². The van der Waals surface area contributed by atoms with Gasteiger partial charge in [-0.1, -0.05) is 18.2 Å². The predicted molar refractivity (Wildman–Crippen MR) is 123 cm³/mol. The lowest BCUT2D eigenvalue weighted by Gasteiger charge is -2.12. The van der Waals surface area contributed by atoms with E-state index in [2.05, 4.69) is 15.6 Å². The van der Waals surface area contributed by atoms with E-state index in [1.54, 1.807) is 14.2 Å². The fraction of sp³-hybridized carbons (Fsp3) is 0.286. The van der Waals surface area contributed by atoms with Gasteiger partial charge in [-0.15, -0.1) is 24.0 Å². The Morgan fingerprint density at radius 2 is 1.86 bits per heavy atom. The van der Waals surface area contributed by atoms with E-state index in [0.29, 0.717) is 13.1 Å². The minimum atomic E-state index is 0. The second kappa shape index (κ2) is 10.8. The van der Waals surface area contributed by atoms with Crippen molar-refractivity contribution in [1.29, 1.82) is 0 Å². The Balaban J connectivity index is 0.00000280. The van der Waals surface area contributed by atoms with Crippen LogP contribution < -0.4 is 20.1 Å². The molecule has 6 nitrogen and oxygen atoms in total. The molecule has 0 saturated heterocycles. The lowest BCUT2D eigenvalue weighted by Crippen LogP contribution is -2.36. The van der Waals surface area contributed by atoms with E-state index in [-0.39, 0.29) is 24.0 Å². The standard InChI is InChI=1S/C21H25N3O3.HI/c1-4-22-21(23-13-16-9-10-17(25-2)12-20(16)26-3)24-14-18-11-15-7-5-6-8-19(15)27-18;/h5-12H,4,13-14H2,1-3H3,(H2,22,23,24);1H. The number of methoxy groups -OCH3 is 2. The second-order valence-corrected chi connectivity index (χ2v) is 5.98. The third-order valence-electron chi connectivity index (χ3n) is 4.15. The lowest BCUT2D eigenvalue weighted by molar-refractivity contribution is 0.391. The van der Waals surface area contributed by atoms with E-state index in [1.807, 2.05) is 55.5 Å². The topological polar surface area (TPSA) is 68.0 Å². The number of hydrogen-bond donors (Lipinski definition) is 2. The van der Waals surface area contributed by atoms with Crippen molar-refractivity contribution in [3.05, 3.63) is 59.9 Å². The van der Waals surface area contributed by atoms with Crippen LogP contribution in [0.25, 0.3) is 11.0 Å². The van der Waals surface area contributed by atoms with Gasteiger partial charge in [-0.25, -0.2) is 4.99 Å². The summed E-state index contributed by atoms with van der Waals surface area (Å²) in [7, 11) is 3.28. The third-order valence-corrected chi connectivity index (χ3v) is 4.15. The number of nitrogens with one attached hydrogen (secondary N) is 2. The zero-order chi connectivity index (χ0) is 19.1. The molecule has 2 aromatic carbocycles. The summed E-state index contributed by atoms with van der Waals surface area (Å²) in [6.45, 7) is 3.85. The van der Waals surface area contributed by atoms with Crippen molar-refractivity contribution in [2.45, 2.75) is 20.0 Å². The summed E-state index contributed by atoms with van der Waals surface area (Å²) >= 11 is 0. The summed E-state index contributed by atoms with van der Waals surface area (Å²) in [6, 6.07) is 15.7. The number of halogens is 1. The van der Waals surface area contributed by atoms with Crippen LogP contribution in [0.15, 0.2) is 57.9 Å². The fourth-order valence-electron chi connectivity index (χ4n) is 2.78. The summed E-state index contributed by atoms with van der Waals surface area (Å²) in [5.74, 6) is 3.10. The van der Waals surface area contributed by atoms with E-state index in [0.717, 1.165) is 46.3 Å². The predicted octanol–water partition coefficient (Wildman–Crippen LogP) is 4.32. The molecule has 0 amide bonds. The quantitative estimate of drug-likeness (QED) is 0.290.